The Balaban J connectivity index is 2.21. The summed E-state index contributed by atoms with van der Waals surface area (Å²) in [7, 11) is -6.17. The Hall–Kier alpha value is -0.630. The van der Waals surface area contributed by atoms with Crippen molar-refractivity contribution >= 4 is 25.6 Å². The van der Waals surface area contributed by atoms with Crippen LogP contribution in [-0.4, -0.2) is 62.7 Å². The number of carbonyl (C=O) groups is 1. The summed E-state index contributed by atoms with van der Waals surface area (Å²) in [4.78, 5) is 13.6. The summed E-state index contributed by atoms with van der Waals surface area (Å²) in [5, 5.41) is 0. The van der Waals surface area contributed by atoms with E-state index in [9.17, 15) is 21.6 Å². The second-order valence-electron chi connectivity index (χ2n) is 5.27. The van der Waals surface area contributed by atoms with E-state index in [4.69, 9.17) is 0 Å². The molecule has 2 fully saturated rings. The molecule has 110 valence electrons. The summed E-state index contributed by atoms with van der Waals surface area (Å²) in [6.07, 6.45) is 1.11. The maximum atomic E-state index is 12.0. The lowest BCUT2D eigenvalue weighted by Crippen LogP contribution is -2.48. The summed E-state index contributed by atoms with van der Waals surface area (Å²) in [5.74, 6) is -0.0379. The molecule has 2 aliphatic rings. The summed E-state index contributed by atoms with van der Waals surface area (Å²) in [5.41, 5.74) is 0. The SMILES string of the molecule is CCC(=O)N(C1CCS(=O)(=O)C1)C1CCS(=O)(=O)C1. The number of hydrogen-bond acceptors (Lipinski definition) is 5. The Morgan fingerprint density at radius 2 is 1.42 bits per heavy atom. The van der Waals surface area contributed by atoms with E-state index in [0.717, 1.165) is 0 Å². The van der Waals surface area contributed by atoms with Crippen LogP contribution in [0.15, 0.2) is 0 Å². The maximum Gasteiger partial charge on any atom is 0.222 e. The Morgan fingerprint density at radius 1 is 1.00 bits per heavy atom. The molecule has 19 heavy (non-hydrogen) atoms. The first kappa shape index (κ1) is 14.8. The molecule has 1 amide bonds. The number of nitrogens with zero attached hydrogens (tertiary/aromatic N) is 1. The van der Waals surface area contributed by atoms with Gasteiger partial charge < -0.3 is 4.90 Å². The van der Waals surface area contributed by atoms with E-state index < -0.39 is 19.7 Å². The zero-order chi connectivity index (χ0) is 14.3. The van der Waals surface area contributed by atoms with Crippen LogP contribution in [0.5, 0.6) is 0 Å². The fraction of sp³-hybridized carbons (Fsp3) is 0.909. The standard InChI is InChI=1S/C11H19NO5S2/c1-2-11(13)12(9-3-5-18(14,15)7-9)10-4-6-19(16,17)8-10/h9-10H,2-8H2,1H3. The van der Waals surface area contributed by atoms with Crippen LogP contribution in [-0.2, 0) is 24.5 Å². The third kappa shape index (κ3) is 3.28. The van der Waals surface area contributed by atoms with Crippen LogP contribution in [0.25, 0.3) is 0 Å². The van der Waals surface area contributed by atoms with Crippen LogP contribution < -0.4 is 0 Å². The predicted molar refractivity (Wildman–Crippen MR) is 71.3 cm³/mol. The molecule has 0 spiro atoms. The highest BCUT2D eigenvalue weighted by molar-refractivity contribution is 7.92. The molecule has 2 rings (SSSR count). The van der Waals surface area contributed by atoms with Gasteiger partial charge in [-0.2, -0.15) is 0 Å². The smallest absolute Gasteiger partial charge is 0.222 e. The van der Waals surface area contributed by atoms with E-state index in [0.29, 0.717) is 12.8 Å². The first-order valence-corrected chi connectivity index (χ1v) is 10.1. The van der Waals surface area contributed by atoms with Crippen molar-refractivity contribution in [3.63, 3.8) is 0 Å². The number of carbonyl (C=O) groups excluding carboxylic acids is 1. The van der Waals surface area contributed by atoms with Crippen molar-refractivity contribution in [3.8, 4) is 0 Å². The van der Waals surface area contributed by atoms with E-state index in [-0.39, 0.29) is 47.4 Å². The molecule has 0 saturated carbocycles. The predicted octanol–water partition coefficient (Wildman–Crippen LogP) is -0.401. The number of amides is 1. The van der Waals surface area contributed by atoms with Crippen LogP contribution in [0, 0.1) is 0 Å². The van der Waals surface area contributed by atoms with Gasteiger partial charge in [-0.05, 0) is 12.8 Å². The molecule has 2 atom stereocenters. The van der Waals surface area contributed by atoms with Gasteiger partial charge in [0.1, 0.15) is 0 Å². The van der Waals surface area contributed by atoms with E-state index in [1.165, 1.54) is 4.90 Å². The monoisotopic (exact) mass is 309 g/mol. The summed E-state index contributed by atoms with van der Waals surface area (Å²) in [6.45, 7) is 1.71. The van der Waals surface area contributed by atoms with Crippen LogP contribution in [0.1, 0.15) is 26.2 Å². The summed E-state index contributed by atoms with van der Waals surface area (Å²) >= 11 is 0. The quantitative estimate of drug-likeness (QED) is 0.708. The fourth-order valence-electron chi connectivity index (χ4n) is 2.88. The van der Waals surface area contributed by atoms with Gasteiger partial charge >= 0.3 is 0 Å². The Morgan fingerprint density at radius 3 is 1.68 bits per heavy atom. The largest absolute Gasteiger partial charge is 0.335 e. The van der Waals surface area contributed by atoms with Crippen molar-refractivity contribution in [1.82, 2.24) is 4.90 Å². The zero-order valence-corrected chi connectivity index (χ0v) is 12.5. The Labute approximate surface area is 114 Å². The molecule has 2 aliphatic heterocycles. The molecule has 0 aromatic rings. The highest BCUT2D eigenvalue weighted by Crippen LogP contribution is 2.26. The van der Waals surface area contributed by atoms with E-state index in [1.807, 2.05) is 0 Å². The van der Waals surface area contributed by atoms with Crippen LogP contribution in [0.2, 0.25) is 0 Å². The second-order valence-corrected chi connectivity index (χ2v) is 9.73. The van der Waals surface area contributed by atoms with E-state index in [2.05, 4.69) is 0 Å². The van der Waals surface area contributed by atoms with Crippen molar-refractivity contribution in [3.05, 3.63) is 0 Å². The Bertz CT molecular complexity index is 522. The number of sulfone groups is 2. The first-order chi connectivity index (χ1) is 8.74. The lowest BCUT2D eigenvalue weighted by Gasteiger charge is -2.33. The third-order valence-corrected chi connectivity index (χ3v) is 7.29. The minimum absolute atomic E-state index is 0.0325. The molecule has 0 bridgehead atoms. The second kappa shape index (κ2) is 5.05. The van der Waals surface area contributed by atoms with Crippen molar-refractivity contribution in [2.24, 2.45) is 0 Å². The highest BCUT2D eigenvalue weighted by atomic mass is 32.2. The molecule has 8 heteroatoms. The molecule has 2 saturated heterocycles. The van der Waals surface area contributed by atoms with Crippen molar-refractivity contribution in [2.75, 3.05) is 23.0 Å². The molecule has 2 heterocycles. The van der Waals surface area contributed by atoms with Crippen LogP contribution >= 0.6 is 0 Å². The third-order valence-electron chi connectivity index (χ3n) is 3.79. The van der Waals surface area contributed by atoms with Gasteiger partial charge in [0.15, 0.2) is 19.7 Å². The number of rotatable bonds is 3. The van der Waals surface area contributed by atoms with Gasteiger partial charge in [0.2, 0.25) is 5.91 Å². The van der Waals surface area contributed by atoms with Crippen LogP contribution in [0.4, 0.5) is 0 Å². The first-order valence-electron chi connectivity index (χ1n) is 6.46. The van der Waals surface area contributed by atoms with Crippen molar-refractivity contribution in [2.45, 2.75) is 38.3 Å². The lowest BCUT2D eigenvalue weighted by atomic mass is 10.1. The average Bonchev–Trinajstić information content (AvgIpc) is 2.82. The molecular formula is C11H19NO5S2. The maximum absolute atomic E-state index is 12.0. The molecule has 0 aromatic heterocycles. The van der Waals surface area contributed by atoms with Gasteiger partial charge in [0.25, 0.3) is 0 Å². The normalized spacial score (nSPS) is 32.3. The molecule has 0 aliphatic carbocycles. The van der Waals surface area contributed by atoms with Crippen molar-refractivity contribution < 1.29 is 21.6 Å². The summed E-state index contributed by atoms with van der Waals surface area (Å²) < 4.78 is 46.2. The average molecular weight is 309 g/mol. The number of hydrogen-bond donors (Lipinski definition) is 0. The molecule has 0 radical (unpaired) electrons. The lowest BCUT2D eigenvalue weighted by molar-refractivity contribution is -0.134. The molecule has 0 N–H and O–H groups in total. The van der Waals surface area contributed by atoms with E-state index in [1.54, 1.807) is 6.92 Å². The van der Waals surface area contributed by atoms with Gasteiger partial charge in [-0.3, -0.25) is 4.79 Å². The summed E-state index contributed by atoms with van der Waals surface area (Å²) in [6, 6.07) is -0.702. The fourth-order valence-corrected chi connectivity index (χ4v) is 6.30. The van der Waals surface area contributed by atoms with Gasteiger partial charge in [-0.25, -0.2) is 16.8 Å². The van der Waals surface area contributed by atoms with Gasteiger partial charge in [0.05, 0.1) is 23.0 Å². The molecule has 0 aromatic carbocycles. The molecule has 2 unspecified atom stereocenters. The van der Waals surface area contributed by atoms with E-state index >= 15 is 0 Å². The zero-order valence-electron chi connectivity index (χ0n) is 10.9. The van der Waals surface area contributed by atoms with Gasteiger partial charge in [-0.1, -0.05) is 6.92 Å². The minimum Gasteiger partial charge on any atom is -0.335 e. The van der Waals surface area contributed by atoms with Gasteiger partial charge in [0, 0.05) is 18.5 Å². The van der Waals surface area contributed by atoms with Crippen LogP contribution in [0.3, 0.4) is 0 Å². The minimum atomic E-state index is -3.08. The Kier molecular flexibility index (Phi) is 3.92. The topological polar surface area (TPSA) is 88.6 Å². The molecule has 6 nitrogen and oxygen atoms in total. The van der Waals surface area contributed by atoms with Crippen molar-refractivity contribution in [1.29, 1.82) is 0 Å². The molecular weight excluding hydrogens is 290 g/mol. The van der Waals surface area contributed by atoms with Gasteiger partial charge in [-0.15, -0.1) is 0 Å². The highest BCUT2D eigenvalue weighted by Gasteiger charge is 2.41.